The van der Waals surface area contributed by atoms with Crippen molar-refractivity contribution < 1.29 is 14.6 Å². The highest BCUT2D eigenvalue weighted by Gasteiger charge is 2.20. The van der Waals surface area contributed by atoms with E-state index in [-0.39, 0.29) is 12.7 Å². The van der Waals surface area contributed by atoms with E-state index in [9.17, 15) is 5.11 Å². The highest BCUT2D eigenvalue weighted by atomic mass is 16.5. The van der Waals surface area contributed by atoms with Crippen molar-refractivity contribution in [1.82, 2.24) is 20.3 Å². The maximum Gasteiger partial charge on any atom is 0.0969 e. The van der Waals surface area contributed by atoms with Gasteiger partial charge >= 0.3 is 0 Å². The van der Waals surface area contributed by atoms with E-state index in [1.807, 2.05) is 13.1 Å². The maximum absolute atomic E-state index is 9.89. The predicted molar refractivity (Wildman–Crippen MR) is 73.2 cm³/mol. The van der Waals surface area contributed by atoms with E-state index in [1.54, 1.807) is 11.8 Å². The highest BCUT2D eigenvalue weighted by molar-refractivity contribution is 4.94. The highest BCUT2D eigenvalue weighted by Crippen LogP contribution is 2.18. The van der Waals surface area contributed by atoms with E-state index in [1.165, 1.54) is 12.8 Å². The van der Waals surface area contributed by atoms with Crippen LogP contribution in [0.3, 0.4) is 0 Å². The Hall–Kier alpha value is -1.02. The Labute approximate surface area is 119 Å². The van der Waals surface area contributed by atoms with E-state index in [0.29, 0.717) is 19.2 Å². The molecule has 1 heterocycles. The molecule has 1 fully saturated rings. The molecule has 0 aromatic carbocycles. The Bertz CT molecular complexity index is 395. The van der Waals surface area contributed by atoms with Crippen LogP contribution in [0, 0.1) is 0 Å². The summed E-state index contributed by atoms with van der Waals surface area (Å²) >= 11 is 0. The zero-order valence-electron chi connectivity index (χ0n) is 12.2. The second-order valence-electron chi connectivity index (χ2n) is 5.34. The lowest BCUT2D eigenvalue weighted by Crippen LogP contribution is -2.26. The van der Waals surface area contributed by atoms with Gasteiger partial charge in [0.2, 0.25) is 0 Å². The largest absolute Gasteiger partial charge is 0.389 e. The van der Waals surface area contributed by atoms with Crippen LogP contribution in [0.4, 0.5) is 0 Å². The lowest BCUT2D eigenvalue weighted by molar-refractivity contribution is -0.0365. The summed E-state index contributed by atoms with van der Waals surface area (Å²) in [6.45, 7) is 3.82. The summed E-state index contributed by atoms with van der Waals surface area (Å²) in [6.07, 6.45) is 3.74. The first kappa shape index (κ1) is 15.4. The number of aliphatic hydroxyl groups excluding tert-OH is 1. The summed E-state index contributed by atoms with van der Waals surface area (Å²) in [4.78, 5) is 0. The fourth-order valence-electron chi connectivity index (χ4n) is 1.87. The molecule has 2 N–H and O–H groups in total. The molecule has 1 aromatic heterocycles. The van der Waals surface area contributed by atoms with Crippen molar-refractivity contribution in [1.29, 1.82) is 0 Å². The Morgan fingerprint density at radius 2 is 2.30 bits per heavy atom. The van der Waals surface area contributed by atoms with Crippen LogP contribution >= 0.6 is 0 Å². The van der Waals surface area contributed by atoms with Gasteiger partial charge in [-0.1, -0.05) is 5.21 Å². The third-order valence-electron chi connectivity index (χ3n) is 3.11. The normalized spacial score (nSPS) is 18.1. The minimum Gasteiger partial charge on any atom is -0.389 e. The Morgan fingerprint density at radius 3 is 3.00 bits per heavy atom. The van der Waals surface area contributed by atoms with Crippen molar-refractivity contribution in [3.05, 3.63) is 11.9 Å². The standard InChI is InChI=1S/C13H24N4O3/c1-10(8-19-2)20-9-13(18)7-17-6-12(15-16-17)5-14-11-3-4-11/h6,10-11,13-14,18H,3-5,7-9H2,1-2H3. The molecule has 2 rings (SSSR count). The van der Waals surface area contributed by atoms with Crippen molar-refractivity contribution >= 4 is 0 Å². The average Bonchev–Trinajstić information content (AvgIpc) is 3.15. The van der Waals surface area contributed by atoms with Gasteiger partial charge in [0.05, 0.1) is 37.7 Å². The van der Waals surface area contributed by atoms with Gasteiger partial charge in [-0.15, -0.1) is 5.10 Å². The third kappa shape index (κ3) is 5.54. The fourth-order valence-corrected chi connectivity index (χ4v) is 1.87. The van der Waals surface area contributed by atoms with Gasteiger partial charge in [0.15, 0.2) is 0 Å². The number of ether oxygens (including phenoxy) is 2. The van der Waals surface area contributed by atoms with Gasteiger partial charge in [-0.3, -0.25) is 0 Å². The van der Waals surface area contributed by atoms with Crippen molar-refractivity contribution in [3.63, 3.8) is 0 Å². The zero-order valence-corrected chi connectivity index (χ0v) is 12.2. The molecular formula is C13H24N4O3. The lowest BCUT2D eigenvalue weighted by Gasteiger charge is -2.15. The first-order chi connectivity index (χ1) is 9.67. The van der Waals surface area contributed by atoms with E-state index in [0.717, 1.165) is 12.2 Å². The van der Waals surface area contributed by atoms with Crippen LogP contribution in [0.25, 0.3) is 0 Å². The molecule has 7 nitrogen and oxygen atoms in total. The van der Waals surface area contributed by atoms with Crippen LogP contribution in [0.5, 0.6) is 0 Å². The molecule has 1 aliphatic carbocycles. The Morgan fingerprint density at radius 1 is 1.50 bits per heavy atom. The number of nitrogens with one attached hydrogen (secondary N) is 1. The number of nitrogens with zero attached hydrogens (tertiary/aromatic N) is 3. The monoisotopic (exact) mass is 284 g/mol. The van der Waals surface area contributed by atoms with Gasteiger partial charge in [0.25, 0.3) is 0 Å². The Balaban J connectivity index is 1.66. The lowest BCUT2D eigenvalue weighted by atomic mass is 10.3. The van der Waals surface area contributed by atoms with Crippen molar-refractivity contribution in [2.24, 2.45) is 0 Å². The summed E-state index contributed by atoms with van der Waals surface area (Å²) < 4.78 is 12.1. The molecule has 1 aromatic rings. The number of aliphatic hydroxyl groups is 1. The maximum atomic E-state index is 9.89. The predicted octanol–water partition coefficient (Wildman–Crippen LogP) is -0.0575. The van der Waals surface area contributed by atoms with Gasteiger partial charge in [-0.05, 0) is 19.8 Å². The topological polar surface area (TPSA) is 81.4 Å². The van der Waals surface area contributed by atoms with Gasteiger partial charge in [-0.2, -0.15) is 0 Å². The van der Waals surface area contributed by atoms with Crippen LogP contribution in [-0.2, 0) is 22.6 Å². The molecule has 114 valence electrons. The molecule has 1 saturated carbocycles. The quantitative estimate of drug-likeness (QED) is 0.626. The first-order valence-corrected chi connectivity index (χ1v) is 7.08. The molecule has 20 heavy (non-hydrogen) atoms. The van der Waals surface area contributed by atoms with E-state index in [4.69, 9.17) is 9.47 Å². The number of aromatic nitrogens is 3. The Kier molecular flexibility index (Phi) is 5.90. The first-order valence-electron chi connectivity index (χ1n) is 7.08. The molecule has 0 amide bonds. The molecule has 0 saturated heterocycles. The van der Waals surface area contributed by atoms with E-state index < -0.39 is 6.10 Å². The number of rotatable bonds is 10. The van der Waals surface area contributed by atoms with Crippen molar-refractivity contribution in [3.8, 4) is 0 Å². The number of methoxy groups -OCH3 is 1. The van der Waals surface area contributed by atoms with Crippen LogP contribution in [0.2, 0.25) is 0 Å². The minimum atomic E-state index is -0.597. The van der Waals surface area contributed by atoms with E-state index >= 15 is 0 Å². The molecule has 0 spiro atoms. The second-order valence-corrected chi connectivity index (χ2v) is 5.34. The minimum absolute atomic E-state index is 0.0244. The molecule has 7 heteroatoms. The van der Waals surface area contributed by atoms with Gasteiger partial charge < -0.3 is 19.9 Å². The molecule has 1 aliphatic rings. The molecule has 0 radical (unpaired) electrons. The smallest absolute Gasteiger partial charge is 0.0969 e. The fraction of sp³-hybridized carbons (Fsp3) is 0.846. The van der Waals surface area contributed by atoms with Crippen LogP contribution in [0.1, 0.15) is 25.5 Å². The summed E-state index contributed by atoms with van der Waals surface area (Å²) in [6, 6.07) is 0.654. The molecule has 2 atom stereocenters. The number of hydrogen-bond donors (Lipinski definition) is 2. The van der Waals surface area contributed by atoms with Crippen LogP contribution in [0.15, 0.2) is 6.20 Å². The van der Waals surface area contributed by atoms with Crippen molar-refractivity contribution in [2.45, 2.75) is 51.1 Å². The average molecular weight is 284 g/mol. The SMILES string of the molecule is COCC(C)OCC(O)Cn1cc(CNC2CC2)nn1. The summed E-state index contributed by atoms with van der Waals surface area (Å²) in [5.41, 5.74) is 0.901. The summed E-state index contributed by atoms with van der Waals surface area (Å²) in [5.74, 6) is 0. The van der Waals surface area contributed by atoms with Crippen LogP contribution < -0.4 is 5.32 Å². The molecular weight excluding hydrogens is 260 g/mol. The van der Waals surface area contributed by atoms with E-state index in [2.05, 4.69) is 15.6 Å². The van der Waals surface area contributed by atoms with Crippen molar-refractivity contribution in [2.75, 3.05) is 20.3 Å². The van der Waals surface area contributed by atoms with Gasteiger partial charge in [0.1, 0.15) is 0 Å². The van der Waals surface area contributed by atoms with Gasteiger partial charge in [0, 0.05) is 25.9 Å². The van der Waals surface area contributed by atoms with Gasteiger partial charge in [-0.25, -0.2) is 4.68 Å². The zero-order chi connectivity index (χ0) is 14.4. The summed E-state index contributed by atoms with van der Waals surface area (Å²) in [7, 11) is 1.63. The number of hydrogen-bond acceptors (Lipinski definition) is 6. The van der Waals surface area contributed by atoms with Crippen LogP contribution in [-0.4, -0.2) is 58.7 Å². The molecule has 2 unspecified atom stereocenters. The second kappa shape index (κ2) is 7.68. The summed E-state index contributed by atoms with van der Waals surface area (Å²) in [5, 5.41) is 21.3. The molecule has 0 bridgehead atoms. The third-order valence-corrected chi connectivity index (χ3v) is 3.11. The molecule has 0 aliphatic heterocycles.